The van der Waals surface area contributed by atoms with Gasteiger partial charge in [-0.05, 0) is 29.8 Å². The van der Waals surface area contributed by atoms with Gasteiger partial charge in [0.25, 0.3) is 0 Å². The Bertz CT molecular complexity index is 549. The second-order valence-corrected chi connectivity index (χ2v) is 3.70. The predicted octanol–water partition coefficient (Wildman–Crippen LogP) is 2.58. The summed E-state index contributed by atoms with van der Waals surface area (Å²) in [6.45, 7) is 0. The van der Waals surface area contributed by atoms with Gasteiger partial charge < -0.3 is 9.47 Å². The van der Waals surface area contributed by atoms with Crippen molar-refractivity contribution in [3.8, 4) is 22.8 Å². The highest BCUT2D eigenvalue weighted by atomic mass is 16.5. The zero-order valence-electron chi connectivity index (χ0n) is 10.2. The summed E-state index contributed by atoms with van der Waals surface area (Å²) < 4.78 is 10.2. The van der Waals surface area contributed by atoms with Crippen LogP contribution in [-0.2, 0) is 0 Å². The van der Waals surface area contributed by atoms with Crippen LogP contribution in [0, 0.1) is 0 Å². The van der Waals surface area contributed by atoms with Crippen LogP contribution in [0.2, 0.25) is 0 Å². The molecular weight excluding hydrogens is 230 g/mol. The molecular formula is C14H13NO3. The Morgan fingerprint density at radius 2 is 1.89 bits per heavy atom. The van der Waals surface area contributed by atoms with Crippen LogP contribution >= 0.6 is 0 Å². The standard InChI is InChI=1S/C14H13NO3/c1-17-13-6-10(9-16)5-12(7-13)11-3-4-14(18-2)15-8-11/h3-9H,1-2H3. The first-order chi connectivity index (χ1) is 8.76. The van der Waals surface area contributed by atoms with Crippen LogP contribution in [-0.4, -0.2) is 25.5 Å². The van der Waals surface area contributed by atoms with Crippen molar-refractivity contribution in [3.63, 3.8) is 0 Å². The smallest absolute Gasteiger partial charge is 0.212 e. The normalized spacial score (nSPS) is 9.89. The molecule has 0 saturated carbocycles. The zero-order valence-corrected chi connectivity index (χ0v) is 10.2. The number of pyridine rings is 1. The molecule has 92 valence electrons. The van der Waals surface area contributed by atoms with E-state index in [0.717, 1.165) is 17.4 Å². The minimum atomic E-state index is 0.553. The van der Waals surface area contributed by atoms with Gasteiger partial charge in [-0.2, -0.15) is 0 Å². The Balaban J connectivity index is 2.44. The average molecular weight is 243 g/mol. The average Bonchev–Trinajstić information content (AvgIpc) is 2.46. The molecule has 18 heavy (non-hydrogen) atoms. The number of rotatable bonds is 4. The van der Waals surface area contributed by atoms with Gasteiger partial charge in [0.1, 0.15) is 12.0 Å². The quantitative estimate of drug-likeness (QED) is 0.774. The minimum Gasteiger partial charge on any atom is -0.497 e. The summed E-state index contributed by atoms with van der Waals surface area (Å²) in [5.74, 6) is 1.20. The van der Waals surface area contributed by atoms with Crippen molar-refractivity contribution in [2.45, 2.75) is 0 Å². The van der Waals surface area contributed by atoms with Crippen LogP contribution < -0.4 is 9.47 Å². The van der Waals surface area contributed by atoms with Crippen LogP contribution in [0.15, 0.2) is 36.5 Å². The number of carbonyl (C=O) groups is 1. The first-order valence-corrected chi connectivity index (χ1v) is 5.41. The lowest BCUT2D eigenvalue weighted by molar-refractivity contribution is 0.112. The van der Waals surface area contributed by atoms with Gasteiger partial charge in [-0.15, -0.1) is 0 Å². The monoisotopic (exact) mass is 243 g/mol. The number of ether oxygens (including phenoxy) is 2. The summed E-state index contributed by atoms with van der Waals surface area (Å²) in [7, 11) is 3.14. The molecule has 0 saturated heterocycles. The molecule has 0 spiro atoms. The van der Waals surface area contributed by atoms with Gasteiger partial charge in [0, 0.05) is 23.4 Å². The molecule has 4 nitrogen and oxygen atoms in total. The highest BCUT2D eigenvalue weighted by Gasteiger charge is 2.04. The SMILES string of the molecule is COc1cc(C=O)cc(-c2ccc(OC)nc2)c1. The Morgan fingerprint density at radius 1 is 1.06 bits per heavy atom. The highest BCUT2D eigenvalue weighted by molar-refractivity contribution is 5.80. The van der Waals surface area contributed by atoms with Gasteiger partial charge in [-0.1, -0.05) is 0 Å². The highest BCUT2D eigenvalue weighted by Crippen LogP contribution is 2.25. The number of nitrogens with zero attached hydrogens (tertiary/aromatic N) is 1. The van der Waals surface area contributed by atoms with Crippen molar-refractivity contribution in [2.24, 2.45) is 0 Å². The molecule has 0 N–H and O–H groups in total. The van der Waals surface area contributed by atoms with Crippen molar-refractivity contribution in [2.75, 3.05) is 14.2 Å². The van der Waals surface area contributed by atoms with E-state index >= 15 is 0 Å². The molecule has 1 aromatic carbocycles. The van der Waals surface area contributed by atoms with Crippen LogP contribution in [0.25, 0.3) is 11.1 Å². The van der Waals surface area contributed by atoms with E-state index in [1.165, 1.54) is 0 Å². The molecule has 1 heterocycles. The molecule has 2 rings (SSSR count). The molecule has 0 bridgehead atoms. The van der Waals surface area contributed by atoms with Crippen LogP contribution in [0.5, 0.6) is 11.6 Å². The minimum absolute atomic E-state index is 0.553. The summed E-state index contributed by atoms with van der Waals surface area (Å²) in [6.07, 6.45) is 2.49. The number of aromatic nitrogens is 1. The summed E-state index contributed by atoms with van der Waals surface area (Å²) in [4.78, 5) is 15.0. The lowest BCUT2D eigenvalue weighted by Gasteiger charge is -2.07. The third kappa shape index (κ3) is 2.48. The maximum atomic E-state index is 10.9. The lowest BCUT2D eigenvalue weighted by Crippen LogP contribution is -1.90. The van der Waals surface area contributed by atoms with Crippen molar-refractivity contribution in [1.29, 1.82) is 0 Å². The molecule has 2 aromatic rings. The van der Waals surface area contributed by atoms with Crippen LogP contribution in [0.4, 0.5) is 0 Å². The molecule has 0 atom stereocenters. The number of benzene rings is 1. The van der Waals surface area contributed by atoms with E-state index < -0.39 is 0 Å². The maximum Gasteiger partial charge on any atom is 0.212 e. The largest absolute Gasteiger partial charge is 0.497 e. The van der Waals surface area contributed by atoms with E-state index in [1.807, 2.05) is 12.1 Å². The van der Waals surface area contributed by atoms with Crippen molar-refractivity contribution in [3.05, 3.63) is 42.1 Å². The van der Waals surface area contributed by atoms with Crippen molar-refractivity contribution < 1.29 is 14.3 Å². The Kier molecular flexibility index (Phi) is 3.57. The molecule has 0 amide bonds. The fourth-order valence-electron chi connectivity index (χ4n) is 1.65. The third-order valence-electron chi connectivity index (χ3n) is 2.58. The van der Waals surface area contributed by atoms with Crippen molar-refractivity contribution in [1.82, 2.24) is 4.98 Å². The van der Waals surface area contributed by atoms with Crippen molar-refractivity contribution >= 4 is 6.29 Å². The molecule has 4 heteroatoms. The molecule has 0 unspecified atom stereocenters. The topological polar surface area (TPSA) is 48.4 Å². The maximum absolute atomic E-state index is 10.9. The van der Waals surface area contributed by atoms with Gasteiger partial charge in [0.05, 0.1) is 14.2 Å². The number of aldehydes is 1. The van der Waals surface area contributed by atoms with E-state index in [9.17, 15) is 4.79 Å². The Hall–Kier alpha value is -2.36. The first-order valence-electron chi connectivity index (χ1n) is 5.41. The fraction of sp³-hybridized carbons (Fsp3) is 0.143. The first kappa shape index (κ1) is 12.1. The van der Waals surface area contributed by atoms with Gasteiger partial charge in [-0.25, -0.2) is 4.98 Å². The van der Waals surface area contributed by atoms with E-state index in [-0.39, 0.29) is 0 Å². The third-order valence-corrected chi connectivity index (χ3v) is 2.58. The fourth-order valence-corrected chi connectivity index (χ4v) is 1.65. The van der Waals surface area contributed by atoms with E-state index in [2.05, 4.69) is 4.98 Å². The second-order valence-electron chi connectivity index (χ2n) is 3.70. The lowest BCUT2D eigenvalue weighted by atomic mass is 10.0. The van der Waals surface area contributed by atoms with Gasteiger partial charge >= 0.3 is 0 Å². The Labute approximate surface area is 105 Å². The summed E-state index contributed by atoms with van der Waals surface area (Å²) in [5.41, 5.74) is 2.35. The Morgan fingerprint density at radius 3 is 2.44 bits per heavy atom. The predicted molar refractivity (Wildman–Crippen MR) is 68.2 cm³/mol. The molecule has 0 fully saturated rings. The van der Waals surface area contributed by atoms with E-state index in [4.69, 9.17) is 9.47 Å². The summed E-state index contributed by atoms with van der Waals surface area (Å²) in [5, 5.41) is 0. The molecule has 0 radical (unpaired) electrons. The number of methoxy groups -OCH3 is 2. The summed E-state index contributed by atoms with van der Waals surface area (Å²) >= 11 is 0. The second kappa shape index (κ2) is 5.31. The zero-order chi connectivity index (χ0) is 13.0. The number of carbonyl (C=O) groups excluding carboxylic acids is 1. The molecule has 0 aliphatic heterocycles. The van der Waals surface area contributed by atoms with Gasteiger partial charge in [0.2, 0.25) is 5.88 Å². The van der Waals surface area contributed by atoms with E-state index in [0.29, 0.717) is 17.2 Å². The molecule has 0 aliphatic rings. The van der Waals surface area contributed by atoms with E-state index in [1.54, 1.807) is 38.6 Å². The number of hydrogen-bond acceptors (Lipinski definition) is 4. The van der Waals surface area contributed by atoms with Crippen LogP contribution in [0.3, 0.4) is 0 Å². The number of hydrogen-bond donors (Lipinski definition) is 0. The summed E-state index contributed by atoms with van der Waals surface area (Å²) in [6, 6.07) is 8.99. The van der Waals surface area contributed by atoms with Crippen LogP contribution in [0.1, 0.15) is 10.4 Å². The molecule has 1 aromatic heterocycles. The van der Waals surface area contributed by atoms with Gasteiger partial charge in [0.15, 0.2) is 0 Å². The van der Waals surface area contributed by atoms with Gasteiger partial charge in [-0.3, -0.25) is 4.79 Å². The molecule has 0 aliphatic carbocycles.